The van der Waals surface area contributed by atoms with E-state index < -0.39 is 28.6 Å². The monoisotopic (exact) mass is 245 g/mol. The van der Waals surface area contributed by atoms with Crippen LogP contribution in [0.1, 0.15) is 13.8 Å². The third-order valence-electron chi connectivity index (χ3n) is 1.56. The van der Waals surface area contributed by atoms with Crippen molar-refractivity contribution in [3.63, 3.8) is 0 Å². The van der Waals surface area contributed by atoms with Crippen molar-refractivity contribution in [3.8, 4) is 0 Å². The molecule has 0 aliphatic carbocycles. The molecule has 0 heterocycles. The lowest BCUT2D eigenvalue weighted by Gasteiger charge is -2.23. The van der Waals surface area contributed by atoms with Gasteiger partial charge in [0, 0.05) is 0 Å². The number of rotatable bonds is 3. The molecule has 0 spiro atoms. The predicted octanol–water partition coefficient (Wildman–Crippen LogP) is -0.923. The van der Waals surface area contributed by atoms with Gasteiger partial charge in [-0.3, -0.25) is 18.8 Å². The zero-order valence-electron chi connectivity index (χ0n) is 8.52. The molecule has 2 unspecified atom stereocenters. The zero-order valence-corrected chi connectivity index (χ0v) is 9.34. The number of aliphatic hydroxyl groups is 1. The summed E-state index contributed by atoms with van der Waals surface area (Å²) in [5.41, 5.74) is 0. The van der Waals surface area contributed by atoms with Gasteiger partial charge in [0.05, 0.1) is 0 Å². The molecule has 0 aromatic rings. The van der Waals surface area contributed by atoms with Gasteiger partial charge in [0.2, 0.25) is 0 Å². The van der Waals surface area contributed by atoms with Crippen molar-refractivity contribution in [2.24, 2.45) is 0 Å². The summed E-state index contributed by atoms with van der Waals surface area (Å²) in [6.07, 6.45) is -0.717. The van der Waals surface area contributed by atoms with Crippen LogP contribution in [0.25, 0.3) is 0 Å². The molecule has 0 aliphatic rings. The molecule has 9 heteroatoms. The Labute approximate surface area is 87.7 Å². The molecule has 15 heavy (non-hydrogen) atoms. The number of hydrogen-bond donors (Lipinski definition) is 4. The van der Waals surface area contributed by atoms with Gasteiger partial charge in [-0.1, -0.05) is 0 Å². The number of carboxylic acid groups (broad SMARTS) is 1. The highest BCUT2D eigenvalue weighted by Crippen LogP contribution is 1.98. The normalized spacial score (nSPS) is 15.1. The molecule has 0 aromatic carbocycles. The van der Waals surface area contributed by atoms with E-state index in [-0.39, 0.29) is 0 Å². The lowest BCUT2D eigenvalue weighted by Crippen LogP contribution is -2.41. The van der Waals surface area contributed by atoms with Crippen LogP contribution in [0.4, 0.5) is 0 Å². The number of carboxylic acids is 1. The number of aliphatic carboxylic acids is 1. The lowest BCUT2D eigenvalue weighted by atomic mass is 10.3. The Balaban J connectivity index is 0. The van der Waals surface area contributed by atoms with Gasteiger partial charge in [-0.25, -0.2) is 0 Å². The van der Waals surface area contributed by atoms with Crippen molar-refractivity contribution < 1.29 is 32.5 Å². The maximum absolute atomic E-state index is 10.3. The van der Waals surface area contributed by atoms with Gasteiger partial charge < -0.3 is 10.2 Å². The minimum Gasteiger partial charge on any atom is -0.480 e. The molecule has 0 saturated carbocycles. The number of carbonyl (C=O) groups is 1. The first-order valence-corrected chi connectivity index (χ1v) is 5.19. The molecule has 0 aromatic heterocycles. The van der Waals surface area contributed by atoms with Gasteiger partial charge in [0.25, 0.3) is 0 Å². The number of aliphatic hydroxyl groups excluding tert-OH is 1. The van der Waals surface area contributed by atoms with Crippen LogP contribution < -0.4 is 0 Å². The van der Waals surface area contributed by atoms with E-state index in [9.17, 15) is 4.79 Å². The second-order valence-corrected chi connectivity index (χ2v) is 3.66. The molecule has 0 aliphatic heterocycles. The van der Waals surface area contributed by atoms with Gasteiger partial charge in [-0.15, -0.1) is 0 Å². The second kappa shape index (κ2) is 6.69. The number of hydrogen-bond acceptors (Lipinski definition) is 5. The third kappa shape index (κ3) is 13.3. The Hall–Kier alpha value is -0.740. The molecule has 0 radical (unpaired) electrons. The summed E-state index contributed by atoms with van der Waals surface area (Å²) in [5, 5.41) is 17.4. The first-order valence-electron chi connectivity index (χ1n) is 3.79. The quantitative estimate of drug-likeness (QED) is 0.370. The molecule has 0 rings (SSSR count). The molecule has 0 bridgehead atoms. The van der Waals surface area contributed by atoms with E-state index in [1.165, 1.54) is 18.7 Å². The van der Waals surface area contributed by atoms with E-state index in [0.29, 0.717) is 0 Å². The standard InChI is InChI=1S/C6H13NO3.H2O4S/c1-4(6(9)10)7(3)5(2)8;1-5(2,3)4/h4-5,8H,1-3H3,(H,9,10);(H2,1,2,3,4). The molecule has 0 saturated heterocycles. The molecule has 8 nitrogen and oxygen atoms in total. The fourth-order valence-electron chi connectivity index (χ4n) is 0.498. The highest BCUT2D eigenvalue weighted by Gasteiger charge is 2.19. The van der Waals surface area contributed by atoms with E-state index in [0.717, 1.165) is 0 Å². The van der Waals surface area contributed by atoms with Crippen molar-refractivity contribution in [1.29, 1.82) is 0 Å². The maximum atomic E-state index is 10.3. The van der Waals surface area contributed by atoms with Crippen LogP contribution in [0, 0.1) is 0 Å². The Kier molecular flexibility index (Phi) is 7.44. The van der Waals surface area contributed by atoms with Crippen LogP contribution in [-0.4, -0.2) is 57.9 Å². The van der Waals surface area contributed by atoms with Crippen molar-refractivity contribution in [2.45, 2.75) is 26.1 Å². The van der Waals surface area contributed by atoms with Gasteiger partial charge >= 0.3 is 16.4 Å². The SMILES string of the molecule is CC(O)N(C)C(C)C(=O)O.O=S(=O)(O)O. The summed E-state index contributed by atoms with van der Waals surface area (Å²) in [6, 6.07) is -0.639. The van der Waals surface area contributed by atoms with Crippen LogP contribution in [0.3, 0.4) is 0 Å². The second-order valence-electron chi connectivity index (χ2n) is 2.76. The van der Waals surface area contributed by atoms with E-state index in [2.05, 4.69) is 0 Å². The van der Waals surface area contributed by atoms with Crippen LogP contribution in [0.15, 0.2) is 0 Å². The predicted molar refractivity (Wildman–Crippen MR) is 50.7 cm³/mol. The molecule has 92 valence electrons. The number of likely N-dealkylation sites (N-methyl/N-ethyl adjacent to an activating group) is 1. The molecular weight excluding hydrogens is 230 g/mol. The van der Waals surface area contributed by atoms with E-state index in [4.69, 9.17) is 27.7 Å². The molecule has 4 N–H and O–H groups in total. The molecular formula is C6H15NO7S. The topological polar surface area (TPSA) is 135 Å². The summed E-state index contributed by atoms with van der Waals surface area (Å²) in [7, 11) is -3.11. The van der Waals surface area contributed by atoms with Crippen molar-refractivity contribution in [2.75, 3.05) is 7.05 Å². The summed E-state index contributed by atoms with van der Waals surface area (Å²) in [6.45, 7) is 3.05. The highest BCUT2D eigenvalue weighted by molar-refractivity contribution is 7.79. The lowest BCUT2D eigenvalue weighted by molar-refractivity contribution is -0.145. The molecule has 0 amide bonds. The first kappa shape index (κ1) is 16.7. The summed E-state index contributed by atoms with van der Waals surface area (Å²) in [4.78, 5) is 11.7. The Morgan fingerprint density at radius 2 is 1.53 bits per heavy atom. The van der Waals surface area contributed by atoms with E-state index in [1.54, 1.807) is 7.05 Å². The Morgan fingerprint density at radius 3 is 1.60 bits per heavy atom. The molecule has 2 atom stereocenters. The van der Waals surface area contributed by atoms with Crippen LogP contribution in [-0.2, 0) is 15.2 Å². The van der Waals surface area contributed by atoms with Gasteiger partial charge in [0.15, 0.2) is 0 Å². The third-order valence-corrected chi connectivity index (χ3v) is 1.56. The average Bonchev–Trinajstić information content (AvgIpc) is 1.98. The summed E-state index contributed by atoms with van der Waals surface area (Å²) < 4.78 is 31.6. The Morgan fingerprint density at radius 1 is 1.27 bits per heavy atom. The van der Waals surface area contributed by atoms with Gasteiger partial charge in [-0.2, -0.15) is 8.42 Å². The smallest absolute Gasteiger partial charge is 0.394 e. The van der Waals surface area contributed by atoms with Crippen molar-refractivity contribution in [3.05, 3.63) is 0 Å². The van der Waals surface area contributed by atoms with E-state index >= 15 is 0 Å². The average molecular weight is 245 g/mol. The largest absolute Gasteiger partial charge is 0.480 e. The zero-order chi connectivity index (χ0) is 12.8. The first-order chi connectivity index (χ1) is 6.46. The van der Waals surface area contributed by atoms with Crippen LogP contribution in [0.5, 0.6) is 0 Å². The maximum Gasteiger partial charge on any atom is 0.394 e. The van der Waals surface area contributed by atoms with Crippen molar-refractivity contribution in [1.82, 2.24) is 4.90 Å². The fraction of sp³-hybridized carbons (Fsp3) is 0.833. The minimum atomic E-state index is -4.67. The van der Waals surface area contributed by atoms with Crippen LogP contribution >= 0.6 is 0 Å². The molecule has 0 fully saturated rings. The van der Waals surface area contributed by atoms with Crippen molar-refractivity contribution >= 4 is 16.4 Å². The fourth-order valence-corrected chi connectivity index (χ4v) is 0.498. The summed E-state index contributed by atoms with van der Waals surface area (Å²) in [5.74, 6) is -0.927. The van der Waals surface area contributed by atoms with E-state index in [1.807, 2.05) is 0 Å². The van der Waals surface area contributed by atoms with Gasteiger partial charge in [-0.05, 0) is 20.9 Å². The minimum absolute atomic E-state index is 0.639. The van der Waals surface area contributed by atoms with Crippen LogP contribution in [0.2, 0.25) is 0 Å². The Bertz CT molecular complexity index is 278. The van der Waals surface area contributed by atoms with Gasteiger partial charge in [0.1, 0.15) is 12.3 Å². The highest BCUT2D eigenvalue weighted by atomic mass is 32.3. The summed E-state index contributed by atoms with van der Waals surface area (Å²) >= 11 is 0. The number of nitrogens with zero attached hydrogens (tertiary/aromatic N) is 1.